The number of aromatic amines is 2. The maximum absolute atomic E-state index is 11.8. The monoisotopic (exact) mass is 130 g/mol. The van der Waals surface area contributed by atoms with Crippen LogP contribution in [0.25, 0.3) is 0 Å². The van der Waals surface area contributed by atoms with Crippen molar-refractivity contribution in [2.75, 3.05) is 0 Å². The summed E-state index contributed by atoms with van der Waals surface area (Å²) in [7, 11) is 0. The number of nitrogens with one attached hydrogen (secondary N) is 2. The number of aromatic nitrogens is 2. The molecule has 1 aromatic heterocycles. The molecule has 50 valence electrons. The Balaban J connectivity index is 3.16. The Morgan fingerprint density at radius 3 is 2.44 bits per heavy atom. The van der Waals surface area contributed by atoms with Crippen molar-refractivity contribution in [2.24, 2.45) is 0 Å². The molecule has 1 heterocycles. The van der Waals surface area contributed by atoms with Gasteiger partial charge >= 0.3 is 5.69 Å². The van der Waals surface area contributed by atoms with Gasteiger partial charge in [0.15, 0.2) is 0 Å². The summed E-state index contributed by atoms with van der Waals surface area (Å²) in [5.41, 5.74) is 0.558. The van der Waals surface area contributed by atoms with E-state index in [4.69, 9.17) is 0 Å². The van der Waals surface area contributed by atoms with E-state index in [-0.39, 0.29) is 5.69 Å². The quantitative estimate of drug-likeness (QED) is 0.570. The molecule has 4 heteroatoms. The first kappa shape index (κ1) is 6.07. The van der Waals surface area contributed by atoms with Crippen LogP contribution in [-0.4, -0.2) is 9.97 Å². The van der Waals surface area contributed by atoms with Gasteiger partial charge < -0.3 is 9.97 Å². The van der Waals surface area contributed by atoms with E-state index in [0.717, 1.165) is 0 Å². The highest BCUT2D eigenvalue weighted by Crippen LogP contribution is 1.97. The van der Waals surface area contributed by atoms with E-state index in [1.54, 1.807) is 6.92 Å². The molecule has 0 radical (unpaired) electrons. The van der Waals surface area contributed by atoms with Gasteiger partial charge in [-0.15, -0.1) is 0 Å². The van der Waals surface area contributed by atoms with Crippen molar-refractivity contribution in [1.82, 2.24) is 9.97 Å². The van der Waals surface area contributed by atoms with Gasteiger partial charge in [-0.05, 0) is 6.92 Å². The lowest BCUT2D eigenvalue weighted by molar-refractivity contribution is 0.475. The number of halogens is 1. The third-order valence-electron chi connectivity index (χ3n) is 1.15. The maximum atomic E-state index is 11.8. The highest BCUT2D eigenvalue weighted by atomic mass is 19.1. The van der Waals surface area contributed by atoms with Crippen LogP contribution in [0.15, 0.2) is 4.79 Å². The lowest BCUT2D eigenvalue weighted by atomic mass is 10.4. The molecule has 0 spiro atoms. The fourth-order valence-corrected chi connectivity index (χ4v) is 0.641. The fraction of sp³-hybridized carbons (Fsp3) is 0.400. The zero-order chi connectivity index (χ0) is 6.85. The molecule has 0 aliphatic carbocycles. The Kier molecular flexibility index (Phi) is 1.38. The zero-order valence-corrected chi connectivity index (χ0v) is 4.99. The predicted octanol–water partition coefficient (Wildman–Crippen LogP) is 0.481. The zero-order valence-electron chi connectivity index (χ0n) is 4.99. The molecule has 0 saturated heterocycles. The molecule has 0 atom stereocenters. The molecule has 1 rings (SSSR count). The summed E-state index contributed by atoms with van der Waals surface area (Å²) in [5, 5.41) is 0. The van der Waals surface area contributed by atoms with Gasteiger partial charge in [0.25, 0.3) is 0 Å². The predicted molar refractivity (Wildman–Crippen MR) is 31.0 cm³/mol. The van der Waals surface area contributed by atoms with Crippen LogP contribution in [0, 0.1) is 6.92 Å². The molecule has 1 aromatic rings. The molecule has 0 unspecified atom stereocenters. The van der Waals surface area contributed by atoms with Gasteiger partial charge in [-0.3, -0.25) is 0 Å². The molecule has 3 nitrogen and oxygen atoms in total. The van der Waals surface area contributed by atoms with Gasteiger partial charge in [0.1, 0.15) is 6.67 Å². The van der Waals surface area contributed by atoms with Crippen molar-refractivity contribution >= 4 is 0 Å². The highest BCUT2D eigenvalue weighted by molar-refractivity contribution is 5.06. The number of hydrogen-bond acceptors (Lipinski definition) is 1. The largest absolute Gasteiger partial charge is 0.323 e. The van der Waals surface area contributed by atoms with E-state index in [0.29, 0.717) is 11.4 Å². The van der Waals surface area contributed by atoms with Crippen molar-refractivity contribution in [2.45, 2.75) is 13.6 Å². The summed E-state index contributed by atoms with van der Waals surface area (Å²) in [6, 6.07) is 0. The number of H-pyrrole nitrogens is 2. The molecule has 2 N–H and O–H groups in total. The van der Waals surface area contributed by atoms with E-state index < -0.39 is 6.67 Å². The first-order chi connectivity index (χ1) is 4.24. The van der Waals surface area contributed by atoms with Crippen LogP contribution < -0.4 is 5.69 Å². The van der Waals surface area contributed by atoms with E-state index in [1.165, 1.54) is 0 Å². The second-order valence-electron chi connectivity index (χ2n) is 1.82. The van der Waals surface area contributed by atoms with Gasteiger partial charge in [0.05, 0.1) is 5.69 Å². The topological polar surface area (TPSA) is 48.6 Å². The molecule has 0 aliphatic rings. The van der Waals surface area contributed by atoms with Gasteiger partial charge in [-0.2, -0.15) is 0 Å². The van der Waals surface area contributed by atoms with Crippen molar-refractivity contribution in [3.63, 3.8) is 0 Å². The summed E-state index contributed by atoms with van der Waals surface area (Å²) < 4.78 is 11.8. The Bertz CT molecular complexity index is 250. The fourth-order valence-electron chi connectivity index (χ4n) is 0.641. The first-order valence-electron chi connectivity index (χ1n) is 2.57. The molecule has 0 bridgehead atoms. The molecule has 0 fully saturated rings. The minimum Gasteiger partial charge on any atom is -0.310 e. The third-order valence-corrected chi connectivity index (χ3v) is 1.15. The van der Waals surface area contributed by atoms with Crippen LogP contribution in [0.1, 0.15) is 11.4 Å². The Hall–Kier alpha value is -1.06. The molecule has 0 aromatic carbocycles. The van der Waals surface area contributed by atoms with E-state index >= 15 is 0 Å². The van der Waals surface area contributed by atoms with Crippen LogP contribution in [0.4, 0.5) is 4.39 Å². The van der Waals surface area contributed by atoms with Gasteiger partial charge in [-0.25, -0.2) is 9.18 Å². The van der Waals surface area contributed by atoms with Crippen molar-refractivity contribution in [3.05, 3.63) is 21.9 Å². The summed E-state index contributed by atoms with van der Waals surface area (Å²) in [5.74, 6) is 0. The normalized spacial score (nSPS) is 10.0. The average molecular weight is 130 g/mol. The molecule has 0 saturated carbocycles. The lowest BCUT2D eigenvalue weighted by Crippen LogP contribution is -2.00. The van der Waals surface area contributed by atoms with Crippen molar-refractivity contribution in [3.8, 4) is 0 Å². The van der Waals surface area contributed by atoms with Crippen LogP contribution in [-0.2, 0) is 6.67 Å². The average Bonchev–Trinajstić information content (AvgIpc) is 2.10. The van der Waals surface area contributed by atoms with Crippen molar-refractivity contribution in [1.29, 1.82) is 0 Å². The van der Waals surface area contributed by atoms with Crippen LogP contribution in [0.3, 0.4) is 0 Å². The Morgan fingerprint density at radius 1 is 1.56 bits per heavy atom. The highest BCUT2D eigenvalue weighted by Gasteiger charge is 1.98. The first-order valence-corrected chi connectivity index (χ1v) is 2.57. The van der Waals surface area contributed by atoms with Gasteiger partial charge in [0, 0.05) is 5.69 Å². The lowest BCUT2D eigenvalue weighted by Gasteiger charge is -1.84. The summed E-state index contributed by atoms with van der Waals surface area (Å²) >= 11 is 0. The van der Waals surface area contributed by atoms with Crippen LogP contribution in [0.2, 0.25) is 0 Å². The van der Waals surface area contributed by atoms with Crippen molar-refractivity contribution < 1.29 is 4.39 Å². The van der Waals surface area contributed by atoms with Gasteiger partial charge in [-0.1, -0.05) is 0 Å². The van der Waals surface area contributed by atoms with E-state index in [9.17, 15) is 9.18 Å². The third kappa shape index (κ3) is 1.01. The summed E-state index contributed by atoms with van der Waals surface area (Å²) in [6.07, 6.45) is 0. The number of imidazole rings is 1. The number of rotatable bonds is 1. The van der Waals surface area contributed by atoms with Crippen LogP contribution >= 0.6 is 0 Å². The second-order valence-corrected chi connectivity index (χ2v) is 1.82. The Labute approximate surface area is 50.9 Å². The number of alkyl halides is 1. The Morgan fingerprint density at radius 2 is 2.22 bits per heavy atom. The maximum Gasteiger partial charge on any atom is 0.323 e. The summed E-state index contributed by atoms with van der Waals surface area (Å²) in [6.45, 7) is 1.03. The summed E-state index contributed by atoms with van der Waals surface area (Å²) in [4.78, 5) is 15.1. The second kappa shape index (κ2) is 2.05. The minimum atomic E-state index is -0.620. The van der Waals surface area contributed by atoms with E-state index in [2.05, 4.69) is 9.97 Å². The van der Waals surface area contributed by atoms with Crippen LogP contribution in [0.5, 0.6) is 0 Å². The van der Waals surface area contributed by atoms with Gasteiger partial charge in [0.2, 0.25) is 0 Å². The number of aryl methyl sites for hydroxylation is 1. The SMILES string of the molecule is Cc1[nH]c(=O)[nH]c1CF. The smallest absolute Gasteiger partial charge is 0.310 e. The molecule has 0 aliphatic heterocycles. The minimum absolute atomic E-state index is 0.333. The van der Waals surface area contributed by atoms with E-state index in [1.807, 2.05) is 0 Å². The molecule has 0 amide bonds. The number of hydrogen-bond donors (Lipinski definition) is 2. The standard InChI is InChI=1S/C5H7FN2O/c1-3-4(2-6)8-5(9)7-3/h2H2,1H3,(H2,7,8,9). The molecule has 9 heavy (non-hydrogen) atoms. The molecular formula is C5H7FN2O. The molecular weight excluding hydrogens is 123 g/mol.